The predicted octanol–water partition coefficient (Wildman–Crippen LogP) is 4.90. The van der Waals surface area contributed by atoms with Crippen molar-refractivity contribution in [1.82, 2.24) is 0 Å². The van der Waals surface area contributed by atoms with Gasteiger partial charge in [-0.25, -0.2) is 0 Å². The molecule has 2 N–H and O–H groups in total. The maximum atomic E-state index is 5.84. The fourth-order valence-corrected chi connectivity index (χ4v) is 2.68. The van der Waals surface area contributed by atoms with Crippen molar-refractivity contribution in [3.63, 3.8) is 0 Å². The number of unbranched alkanes of at least 4 members (excludes halogenated alkanes) is 2. The van der Waals surface area contributed by atoms with Crippen LogP contribution in [0.25, 0.3) is 0 Å². The normalized spacial score (nSPS) is 11.6. The summed E-state index contributed by atoms with van der Waals surface area (Å²) < 4.78 is 5.80. The van der Waals surface area contributed by atoms with Crippen LogP contribution in [0.15, 0.2) is 54.6 Å². The molecule has 0 aliphatic heterocycles. The SMILES string of the molecule is Cl.N[C@@H](CS)CCCCCOc1ccc(Cc2ccccc2)cc1. The molecule has 24 heavy (non-hydrogen) atoms. The van der Waals surface area contributed by atoms with Crippen molar-refractivity contribution in [1.29, 1.82) is 0 Å². The fraction of sp³-hybridized carbons (Fsp3) is 0.400. The number of hydrogen-bond donors (Lipinski definition) is 2. The van der Waals surface area contributed by atoms with Gasteiger partial charge < -0.3 is 10.5 Å². The van der Waals surface area contributed by atoms with Crippen molar-refractivity contribution in [2.45, 2.75) is 38.1 Å². The van der Waals surface area contributed by atoms with Gasteiger partial charge in [0.25, 0.3) is 0 Å². The molecule has 132 valence electrons. The van der Waals surface area contributed by atoms with Gasteiger partial charge in [-0.1, -0.05) is 55.3 Å². The van der Waals surface area contributed by atoms with Crippen molar-refractivity contribution < 1.29 is 4.74 Å². The van der Waals surface area contributed by atoms with Crippen molar-refractivity contribution in [2.24, 2.45) is 5.73 Å². The highest BCUT2D eigenvalue weighted by molar-refractivity contribution is 7.80. The van der Waals surface area contributed by atoms with Crippen molar-refractivity contribution in [3.05, 3.63) is 65.7 Å². The first kappa shape index (κ1) is 20.9. The molecular formula is C20H28ClNOS. The molecule has 0 saturated heterocycles. The Morgan fingerprint density at radius 1 is 0.875 bits per heavy atom. The zero-order chi connectivity index (χ0) is 16.3. The largest absolute Gasteiger partial charge is 0.494 e. The summed E-state index contributed by atoms with van der Waals surface area (Å²) in [6.45, 7) is 0.772. The average Bonchev–Trinajstić information content (AvgIpc) is 2.60. The van der Waals surface area contributed by atoms with E-state index in [4.69, 9.17) is 10.5 Å². The molecular weight excluding hydrogens is 338 g/mol. The molecule has 0 fully saturated rings. The van der Waals surface area contributed by atoms with E-state index in [0.29, 0.717) is 0 Å². The Morgan fingerprint density at radius 2 is 1.54 bits per heavy atom. The first-order valence-corrected chi connectivity index (χ1v) is 9.03. The van der Waals surface area contributed by atoms with Gasteiger partial charge >= 0.3 is 0 Å². The molecule has 0 heterocycles. The smallest absolute Gasteiger partial charge is 0.119 e. The van der Waals surface area contributed by atoms with E-state index in [1.807, 2.05) is 6.07 Å². The molecule has 0 unspecified atom stereocenters. The van der Waals surface area contributed by atoms with Crippen molar-refractivity contribution >= 4 is 25.0 Å². The zero-order valence-corrected chi connectivity index (χ0v) is 15.8. The number of benzene rings is 2. The minimum atomic E-state index is 0. The molecule has 4 heteroatoms. The molecule has 1 atom stereocenters. The van der Waals surface area contributed by atoms with Crippen molar-refractivity contribution in [2.75, 3.05) is 12.4 Å². The number of hydrogen-bond acceptors (Lipinski definition) is 3. The summed E-state index contributed by atoms with van der Waals surface area (Å²) in [6.07, 6.45) is 5.41. The lowest BCUT2D eigenvalue weighted by Crippen LogP contribution is -2.21. The Hall–Kier alpha value is -1.16. The highest BCUT2D eigenvalue weighted by atomic mass is 35.5. The monoisotopic (exact) mass is 365 g/mol. The summed E-state index contributed by atoms with van der Waals surface area (Å²) in [6, 6.07) is 19.2. The highest BCUT2D eigenvalue weighted by Gasteiger charge is 2.00. The van der Waals surface area contributed by atoms with Crippen LogP contribution in [0.5, 0.6) is 5.75 Å². The van der Waals surface area contributed by atoms with Crippen LogP contribution in [0.3, 0.4) is 0 Å². The molecule has 0 bridgehead atoms. The fourth-order valence-electron chi connectivity index (χ4n) is 2.50. The van der Waals surface area contributed by atoms with E-state index in [0.717, 1.165) is 50.2 Å². The maximum absolute atomic E-state index is 5.84. The lowest BCUT2D eigenvalue weighted by molar-refractivity contribution is 0.304. The second-order valence-electron chi connectivity index (χ2n) is 5.95. The predicted molar refractivity (Wildman–Crippen MR) is 109 cm³/mol. The van der Waals surface area contributed by atoms with E-state index in [9.17, 15) is 0 Å². The number of halogens is 1. The molecule has 2 nitrogen and oxygen atoms in total. The van der Waals surface area contributed by atoms with Gasteiger partial charge in [-0.15, -0.1) is 12.4 Å². The maximum Gasteiger partial charge on any atom is 0.119 e. The van der Waals surface area contributed by atoms with E-state index in [1.165, 1.54) is 11.1 Å². The second-order valence-corrected chi connectivity index (χ2v) is 6.31. The third-order valence-electron chi connectivity index (χ3n) is 3.90. The third-order valence-corrected chi connectivity index (χ3v) is 4.37. The molecule has 2 aromatic carbocycles. The van der Waals surface area contributed by atoms with Crippen molar-refractivity contribution in [3.8, 4) is 5.75 Å². The van der Waals surface area contributed by atoms with Crippen LogP contribution in [0.4, 0.5) is 0 Å². The third kappa shape index (κ3) is 8.09. The summed E-state index contributed by atoms with van der Waals surface area (Å²) in [4.78, 5) is 0. The molecule has 0 saturated carbocycles. The number of nitrogens with two attached hydrogens (primary N) is 1. The van der Waals surface area contributed by atoms with E-state index >= 15 is 0 Å². The Kier molecular flexibility index (Phi) is 10.6. The van der Waals surface area contributed by atoms with Gasteiger partial charge in [-0.05, 0) is 42.5 Å². The lowest BCUT2D eigenvalue weighted by atomic mass is 10.1. The second kappa shape index (κ2) is 12.2. The highest BCUT2D eigenvalue weighted by Crippen LogP contribution is 2.16. The summed E-state index contributed by atoms with van der Waals surface area (Å²) in [5.41, 5.74) is 8.48. The molecule has 0 aromatic heterocycles. The first-order chi connectivity index (χ1) is 11.3. The first-order valence-electron chi connectivity index (χ1n) is 8.40. The van der Waals surface area contributed by atoms with Gasteiger partial charge in [0.1, 0.15) is 5.75 Å². The molecule has 0 aliphatic carbocycles. The standard InChI is InChI=1S/C20H27NOS.ClH/c21-19(16-23)9-5-2-6-14-22-20-12-10-18(11-13-20)15-17-7-3-1-4-8-17;/h1,3-4,7-8,10-13,19,23H,2,5-6,9,14-16,21H2;1H/t19-;/m1./s1. The average molecular weight is 366 g/mol. The Morgan fingerprint density at radius 3 is 2.21 bits per heavy atom. The van der Waals surface area contributed by atoms with Gasteiger partial charge in [-0.2, -0.15) is 12.6 Å². The van der Waals surface area contributed by atoms with Crippen LogP contribution in [-0.2, 0) is 6.42 Å². The summed E-state index contributed by atoms with van der Waals surface area (Å²) >= 11 is 4.20. The van der Waals surface area contributed by atoms with Gasteiger partial charge in [0.2, 0.25) is 0 Å². The van der Waals surface area contributed by atoms with Gasteiger partial charge in [-0.3, -0.25) is 0 Å². The molecule has 0 spiro atoms. The van der Waals surface area contributed by atoms with Gasteiger partial charge in [0.15, 0.2) is 0 Å². The van der Waals surface area contributed by atoms with Crippen LogP contribution >= 0.6 is 25.0 Å². The van der Waals surface area contributed by atoms with Gasteiger partial charge in [0.05, 0.1) is 6.61 Å². The van der Waals surface area contributed by atoms with E-state index in [-0.39, 0.29) is 18.4 Å². The van der Waals surface area contributed by atoms with E-state index < -0.39 is 0 Å². The zero-order valence-electron chi connectivity index (χ0n) is 14.1. The van der Waals surface area contributed by atoms with E-state index in [1.54, 1.807) is 0 Å². The molecule has 0 amide bonds. The van der Waals surface area contributed by atoms with E-state index in [2.05, 4.69) is 61.2 Å². The molecule has 2 aromatic rings. The summed E-state index contributed by atoms with van der Waals surface area (Å²) in [7, 11) is 0. The molecule has 0 radical (unpaired) electrons. The van der Waals surface area contributed by atoms with Gasteiger partial charge in [0, 0.05) is 11.8 Å². The van der Waals surface area contributed by atoms with Crippen LogP contribution < -0.4 is 10.5 Å². The van der Waals surface area contributed by atoms with Crippen LogP contribution in [-0.4, -0.2) is 18.4 Å². The number of ether oxygens (including phenoxy) is 1. The summed E-state index contributed by atoms with van der Waals surface area (Å²) in [5.74, 6) is 1.72. The van der Waals surface area contributed by atoms with Crippen LogP contribution in [0.2, 0.25) is 0 Å². The molecule has 2 rings (SSSR count). The lowest BCUT2D eigenvalue weighted by Gasteiger charge is -2.09. The summed E-state index contributed by atoms with van der Waals surface area (Å²) in [5, 5.41) is 0. The number of thiol groups is 1. The van der Waals surface area contributed by atoms with Crippen LogP contribution in [0.1, 0.15) is 36.8 Å². The molecule has 0 aliphatic rings. The minimum Gasteiger partial charge on any atom is -0.494 e. The Labute approximate surface area is 157 Å². The quantitative estimate of drug-likeness (QED) is 0.464. The minimum absolute atomic E-state index is 0. The Balaban J connectivity index is 0.00000288. The van der Waals surface area contributed by atoms with Crippen LogP contribution in [0, 0.1) is 0 Å². The Bertz CT molecular complexity index is 547. The number of rotatable bonds is 10. The topological polar surface area (TPSA) is 35.2 Å².